The number of nitrogens with zero attached hydrogens (tertiary/aromatic N) is 2. The van der Waals surface area contributed by atoms with Gasteiger partial charge in [-0.1, -0.05) is 19.8 Å². The molecule has 21 heavy (non-hydrogen) atoms. The second-order valence-electron chi connectivity index (χ2n) is 5.19. The van der Waals surface area contributed by atoms with E-state index in [2.05, 4.69) is 6.92 Å². The van der Waals surface area contributed by atoms with E-state index in [0.29, 0.717) is 29.4 Å². The van der Waals surface area contributed by atoms with Gasteiger partial charge in [0, 0.05) is 12.2 Å². The summed E-state index contributed by atoms with van der Waals surface area (Å²) in [5.74, 6) is 0. The van der Waals surface area contributed by atoms with Crippen LogP contribution in [0.2, 0.25) is 0 Å². The zero-order valence-electron chi connectivity index (χ0n) is 12.5. The maximum atomic E-state index is 12.7. The molecule has 2 rings (SSSR count). The summed E-state index contributed by atoms with van der Waals surface area (Å²) in [6.45, 7) is 4.28. The minimum atomic E-state index is -0.504. The fourth-order valence-electron chi connectivity index (χ4n) is 2.56. The maximum absolute atomic E-state index is 12.7. The first-order valence-electron chi connectivity index (χ1n) is 7.31. The third-order valence-electron chi connectivity index (χ3n) is 3.67. The second-order valence-corrected chi connectivity index (χ2v) is 5.19. The van der Waals surface area contributed by atoms with Gasteiger partial charge in [0.2, 0.25) is 0 Å². The summed E-state index contributed by atoms with van der Waals surface area (Å²) in [6, 6.07) is 4.77. The van der Waals surface area contributed by atoms with Gasteiger partial charge in [0.05, 0.1) is 10.8 Å². The van der Waals surface area contributed by atoms with E-state index >= 15 is 0 Å². The fraction of sp³-hybridized carbons (Fsp3) is 0.467. The first-order valence-corrected chi connectivity index (χ1v) is 7.31. The van der Waals surface area contributed by atoms with E-state index in [-0.39, 0.29) is 11.1 Å². The Morgan fingerprint density at radius 3 is 2.48 bits per heavy atom. The molecule has 6 nitrogen and oxygen atoms in total. The van der Waals surface area contributed by atoms with E-state index in [9.17, 15) is 9.59 Å². The van der Waals surface area contributed by atoms with Crippen LogP contribution in [0.5, 0.6) is 0 Å². The molecule has 1 unspecified atom stereocenters. The zero-order valence-corrected chi connectivity index (χ0v) is 12.5. The van der Waals surface area contributed by atoms with Gasteiger partial charge in [0.1, 0.15) is 6.17 Å². The smallest absolute Gasteiger partial charge is 0.274 e. The molecular formula is C15H22N4O2. The maximum Gasteiger partial charge on any atom is 0.274 e. The molecule has 1 aromatic carbocycles. The SMILES string of the molecule is CCCCC(N)n1c(=O)c2cc(N)ccc2c(=O)n1CC. The molecule has 0 aliphatic rings. The Bertz CT molecular complexity index is 761. The van der Waals surface area contributed by atoms with Crippen molar-refractivity contribution in [3.05, 3.63) is 38.9 Å². The van der Waals surface area contributed by atoms with Gasteiger partial charge in [-0.15, -0.1) is 0 Å². The summed E-state index contributed by atoms with van der Waals surface area (Å²) in [6.07, 6.45) is 2.04. The van der Waals surface area contributed by atoms with E-state index in [1.54, 1.807) is 18.2 Å². The van der Waals surface area contributed by atoms with Crippen LogP contribution in [0.25, 0.3) is 10.8 Å². The minimum Gasteiger partial charge on any atom is -0.399 e. The second kappa shape index (κ2) is 6.13. The molecule has 0 saturated heterocycles. The quantitative estimate of drug-likeness (QED) is 0.814. The molecule has 0 saturated carbocycles. The van der Waals surface area contributed by atoms with Crippen LogP contribution in [0.3, 0.4) is 0 Å². The van der Waals surface area contributed by atoms with Crippen LogP contribution in [0, 0.1) is 0 Å². The average molecular weight is 290 g/mol. The zero-order chi connectivity index (χ0) is 15.6. The largest absolute Gasteiger partial charge is 0.399 e. The predicted molar refractivity (Wildman–Crippen MR) is 85.3 cm³/mol. The normalized spacial score (nSPS) is 12.7. The summed E-state index contributed by atoms with van der Waals surface area (Å²) in [4.78, 5) is 25.2. The van der Waals surface area contributed by atoms with Crippen molar-refractivity contribution in [2.24, 2.45) is 5.73 Å². The summed E-state index contributed by atoms with van der Waals surface area (Å²) in [7, 11) is 0. The Kier molecular flexibility index (Phi) is 4.47. The van der Waals surface area contributed by atoms with Crippen LogP contribution in [-0.4, -0.2) is 9.36 Å². The number of benzene rings is 1. The Morgan fingerprint density at radius 2 is 1.86 bits per heavy atom. The van der Waals surface area contributed by atoms with Crippen molar-refractivity contribution < 1.29 is 0 Å². The number of nitrogen functional groups attached to an aromatic ring is 1. The summed E-state index contributed by atoms with van der Waals surface area (Å²) in [5, 5.41) is 0.714. The lowest BCUT2D eigenvalue weighted by atomic mass is 10.1. The van der Waals surface area contributed by atoms with Crippen molar-refractivity contribution in [3.8, 4) is 0 Å². The van der Waals surface area contributed by atoms with Gasteiger partial charge in [0.25, 0.3) is 11.1 Å². The summed E-state index contributed by atoms with van der Waals surface area (Å²) < 4.78 is 2.79. The van der Waals surface area contributed by atoms with Gasteiger partial charge in [0.15, 0.2) is 0 Å². The van der Waals surface area contributed by atoms with Gasteiger partial charge < -0.3 is 11.5 Å². The van der Waals surface area contributed by atoms with Crippen LogP contribution in [-0.2, 0) is 6.54 Å². The number of unbranched alkanes of at least 4 members (excludes halogenated alkanes) is 1. The van der Waals surface area contributed by atoms with Crippen molar-refractivity contribution in [3.63, 3.8) is 0 Å². The van der Waals surface area contributed by atoms with Gasteiger partial charge in [-0.25, -0.2) is 9.36 Å². The highest BCUT2D eigenvalue weighted by molar-refractivity contribution is 5.83. The highest BCUT2D eigenvalue weighted by Crippen LogP contribution is 2.13. The standard InChI is InChI=1S/C15H22N4O2/c1-3-5-6-13(17)19-15(21)12-9-10(16)7-8-11(12)14(20)18(19)4-2/h7-9,13H,3-6,16-17H2,1-2H3. The molecule has 0 fully saturated rings. The van der Waals surface area contributed by atoms with Gasteiger partial charge >= 0.3 is 0 Å². The molecule has 2 aromatic rings. The van der Waals surface area contributed by atoms with Gasteiger partial charge in [-0.3, -0.25) is 9.59 Å². The fourth-order valence-corrected chi connectivity index (χ4v) is 2.56. The molecule has 0 spiro atoms. The van der Waals surface area contributed by atoms with Crippen LogP contribution in [0.4, 0.5) is 5.69 Å². The number of hydrogen-bond donors (Lipinski definition) is 2. The van der Waals surface area contributed by atoms with E-state index in [0.717, 1.165) is 12.8 Å². The van der Waals surface area contributed by atoms with E-state index < -0.39 is 6.17 Å². The number of rotatable bonds is 5. The molecule has 0 aliphatic heterocycles. The molecule has 1 aromatic heterocycles. The number of nitrogens with two attached hydrogens (primary N) is 2. The molecule has 1 heterocycles. The molecule has 0 amide bonds. The van der Waals surface area contributed by atoms with Crippen molar-refractivity contribution in [2.45, 2.75) is 45.8 Å². The van der Waals surface area contributed by atoms with E-state index in [4.69, 9.17) is 11.5 Å². The summed E-state index contributed by atoms with van der Waals surface area (Å²) >= 11 is 0. The molecule has 0 aliphatic carbocycles. The third kappa shape index (κ3) is 2.71. The highest BCUT2D eigenvalue weighted by atomic mass is 16.2. The van der Waals surface area contributed by atoms with Gasteiger partial charge in [-0.05, 0) is 31.5 Å². The molecule has 0 bridgehead atoms. The van der Waals surface area contributed by atoms with Crippen molar-refractivity contribution in [1.29, 1.82) is 0 Å². The monoisotopic (exact) mass is 290 g/mol. The average Bonchev–Trinajstić information content (AvgIpc) is 2.47. The molecule has 1 atom stereocenters. The number of hydrogen-bond acceptors (Lipinski definition) is 4. The number of aromatic nitrogens is 2. The van der Waals surface area contributed by atoms with Crippen LogP contribution in [0.1, 0.15) is 39.3 Å². The first-order chi connectivity index (χ1) is 10.0. The topological polar surface area (TPSA) is 96.0 Å². The molecule has 114 valence electrons. The lowest BCUT2D eigenvalue weighted by molar-refractivity contribution is 0.334. The lowest BCUT2D eigenvalue weighted by Crippen LogP contribution is -2.43. The number of anilines is 1. The molecule has 0 radical (unpaired) electrons. The molecule has 4 N–H and O–H groups in total. The number of fused-ring (bicyclic) bond motifs is 1. The van der Waals surface area contributed by atoms with E-state index in [1.165, 1.54) is 9.36 Å². The molecular weight excluding hydrogens is 268 g/mol. The van der Waals surface area contributed by atoms with Crippen molar-refractivity contribution >= 4 is 16.5 Å². The lowest BCUT2D eigenvalue weighted by Gasteiger charge is -2.21. The van der Waals surface area contributed by atoms with Crippen LogP contribution >= 0.6 is 0 Å². The van der Waals surface area contributed by atoms with Crippen molar-refractivity contribution in [1.82, 2.24) is 9.36 Å². The predicted octanol–water partition coefficient (Wildman–Crippen LogP) is 1.41. The molecule has 6 heteroatoms. The minimum absolute atomic E-state index is 0.209. The van der Waals surface area contributed by atoms with Crippen LogP contribution in [0.15, 0.2) is 27.8 Å². The Morgan fingerprint density at radius 1 is 1.14 bits per heavy atom. The van der Waals surface area contributed by atoms with Gasteiger partial charge in [-0.2, -0.15) is 0 Å². The Labute approximate surface area is 122 Å². The third-order valence-corrected chi connectivity index (χ3v) is 3.67. The Hall–Kier alpha value is -2.08. The van der Waals surface area contributed by atoms with Crippen molar-refractivity contribution in [2.75, 3.05) is 5.73 Å². The van der Waals surface area contributed by atoms with E-state index in [1.807, 2.05) is 6.92 Å². The first kappa shape index (κ1) is 15.3. The summed E-state index contributed by atoms with van der Waals surface area (Å²) in [5.41, 5.74) is 11.8. The Balaban J connectivity index is 2.77. The van der Waals surface area contributed by atoms with Crippen LogP contribution < -0.4 is 22.6 Å². The highest BCUT2D eigenvalue weighted by Gasteiger charge is 2.16.